The van der Waals surface area contributed by atoms with Crippen LogP contribution in [0.3, 0.4) is 0 Å². The third-order valence-corrected chi connectivity index (χ3v) is 5.11. The highest BCUT2D eigenvalue weighted by Gasteiger charge is 2.10. The molecule has 3 aromatic heterocycles. The van der Waals surface area contributed by atoms with Gasteiger partial charge in [-0.1, -0.05) is 6.92 Å². The van der Waals surface area contributed by atoms with Crippen molar-refractivity contribution in [2.75, 3.05) is 17.3 Å². The summed E-state index contributed by atoms with van der Waals surface area (Å²) in [4.78, 5) is 11.1. The van der Waals surface area contributed by atoms with Crippen molar-refractivity contribution in [3.8, 4) is 0 Å². The van der Waals surface area contributed by atoms with Crippen LogP contribution in [0.15, 0.2) is 22.9 Å². The van der Waals surface area contributed by atoms with E-state index >= 15 is 0 Å². The summed E-state index contributed by atoms with van der Waals surface area (Å²) in [5.41, 5.74) is 3.88. The van der Waals surface area contributed by atoms with Gasteiger partial charge in [0.25, 0.3) is 0 Å². The minimum atomic E-state index is 0.449. The quantitative estimate of drug-likeness (QED) is 0.480. The molecule has 0 aliphatic carbocycles. The molecule has 3 rings (SSSR count). The molecule has 3 aromatic rings. The SMILES string of the molecule is CCc1cc2c(NCCc3ccsc3)nc(NN)nc2s1. The fourth-order valence-corrected chi connectivity index (χ4v) is 3.78. The summed E-state index contributed by atoms with van der Waals surface area (Å²) in [6.45, 7) is 2.98. The molecule has 21 heavy (non-hydrogen) atoms. The van der Waals surface area contributed by atoms with E-state index in [-0.39, 0.29) is 0 Å². The number of thiophene rings is 2. The van der Waals surface area contributed by atoms with Crippen LogP contribution in [-0.4, -0.2) is 16.5 Å². The largest absolute Gasteiger partial charge is 0.369 e. The zero-order valence-electron chi connectivity index (χ0n) is 11.7. The van der Waals surface area contributed by atoms with E-state index in [9.17, 15) is 0 Å². The molecule has 0 fully saturated rings. The minimum Gasteiger partial charge on any atom is -0.369 e. The van der Waals surface area contributed by atoms with Crippen molar-refractivity contribution in [2.24, 2.45) is 5.84 Å². The third kappa shape index (κ3) is 3.15. The zero-order valence-corrected chi connectivity index (χ0v) is 13.4. The van der Waals surface area contributed by atoms with Crippen LogP contribution in [0.1, 0.15) is 17.4 Å². The standard InChI is InChI=1S/C14H17N5S2/c1-2-10-7-11-12(16-5-3-9-4-6-20-8-9)17-14(19-15)18-13(11)21-10/h4,6-8H,2-3,5,15H2,1H3,(H2,16,17,18,19). The second-order valence-corrected chi connectivity index (χ2v) is 6.53. The topological polar surface area (TPSA) is 75.9 Å². The maximum Gasteiger partial charge on any atom is 0.240 e. The molecular formula is C14H17N5S2. The van der Waals surface area contributed by atoms with E-state index in [2.05, 4.69) is 50.5 Å². The Hall–Kier alpha value is -1.70. The number of hydrazine groups is 1. The summed E-state index contributed by atoms with van der Waals surface area (Å²) in [7, 11) is 0. The van der Waals surface area contributed by atoms with Crippen molar-refractivity contribution in [1.29, 1.82) is 0 Å². The molecule has 0 bridgehead atoms. The summed E-state index contributed by atoms with van der Waals surface area (Å²) in [5, 5.41) is 8.74. The lowest BCUT2D eigenvalue weighted by atomic mass is 10.2. The molecule has 110 valence electrons. The number of nitrogen functional groups attached to an aromatic ring is 1. The minimum absolute atomic E-state index is 0.449. The Balaban J connectivity index is 1.83. The van der Waals surface area contributed by atoms with Gasteiger partial charge in [0, 0.05) is 11.4 Å². The van der Waals surface area contributed by atoms with E-state index in [1.807, 2.05) is 0 Å². The van der Waals surface area contributed by atoms with Crippen LogP contribution in [0.5, 0.6) is 0 Å². The summed E-state index contributed by atoms with van der Waals surface area (Å²) in [6, 6.07) is 4.31. The number of fused-ring (bicyclic) bond motifs is 1. The summed E-state index contributed by atoms with van der Waals surface area (Å²) in [6.07, 6.45) is 1.98. The Kier molecular flexibility index (Phi) is 4.33. The number of rotatable bonds is 6. The van der Waals surface area contributed by atoms with Crippen LogP contribution in [-0.2, 0) is 12.8 Å². The van der Waals surface area contributed by atoms with Crippen molar-refractivity contribution >= 4 is 44.7 Å². The lowest BCUT2D eigenvalue weighted by Crippen LogP contribution is -2.13. The Morgan fingerprint density at radius 3 is 2.95 bits per heavy atom. The lowest BCUT2D eigenvalue weighted by molar-refractivity contribution is 1.01. The van der Waals surface area contributed by atoms with Gasteiger partial charge in [0.2, 0.25) is 5.95 Å². The van der Waals surface area contributed by atoms with Gasteiger partial charge >= 0.3 is 0 Å². The van der Waals surface area contributed by atoms with Gasteiger partial charge < -0.3 is 5.32 Å². The molecule has 0 aliphatic rings. The van der Waals surface area contributed by atoms with Crippen molar-refractivity contribution in [3.05, 3.63) is 33.3 Å². The number of hydrogen-bond acceptors (Lipinski definition) is 7. The van der Waals surface area contributed by atoms with Gasteiger partial charge in [-0.05, 0) is 41.3 Å². The first-order valence-electron chi connectivity index (χ1n) is 6.82. The number of anilines is 2. The van der Waals surface area contributed by atoms with E-state index in [1.54, 1.807) is 22.7 Å². The number of aromatic nitrogens is 2. The first-order chi connectivity index (χ1) is 10.3. The van der Waals surface area contributed by atoms with Crippen LogP contribution in [0, 0.1) is 0 Å². The van der Waals surface area contributed by atoms with Crippen LogP contribution in [0.2, 0.25) is 0 Å². The Bertz CT molecular complexity index is 720. The van der Waals surface area contributed by atoms with Gasteiger partial charge in [0.05, 0.1) is 5.39 Å². The maximum absolute atomic E-state index is 5.46. The van der Waals surface area contributed by atoms with Crippen molar-refractivity contribution in [2.45, 2.75) is 19.8 Å². The molecule has 3 heterocycles. The highest BCUT2D eigenvalue weighted by molar-refractivity contribution is 7.18. The predicted octanol–water partition coefficient (Wildman–Crippen LogP) is 3.26. The number of aryl methyl sites for hydroxylation is 1. The first-order valence-corrected chi connectivity index (χ1v) is 8.58. The van der Waals surface area contributed by atoms with Crippen molar-refractivity contribution in [3.63, 3.8) is 0 Å². The van der Waals surface area contributed by atoms with Gasteiger partial charge in [-0.2, -0.15) is 16.3 Å². The molecule has 0 saturated carbocycles. The first kappa shape index (κ1) is 14.2. The third-order valence-electron chi connectivity index (χ3n) is 3.21. The molecule has 0 atom stereocenters. The number of nitrogens with one attached hydrogen (secondary N) is 2. The molecule has 0 spiro atoms. The van der Waals surface area contributed by atoms with E-state index in [0.717, 1.165) is 35.4 Å². The number of nitrogens with zero attached hydrogens (tertiary/aromatic N) is 2. The monoisotopic (exact) mass is 319 g/mol. The molecular weight excluding hydrogens is 302 g/mol. The van der Waals surface area contributed by atoms with Crippen molar-refractivity contribution < 1.29 is 0 Å². The van der Waals surface area contributed by atoms with Crippen LogP contribution >= 0.6 is 22.7 Å². The predicted molar refractivity (Wildman–Crippen MR) is 91.1 cm³/mol. The van der Waals surface area contributed by atoms with E-state index in [1.165, 1.54) is 10.4 Å². The maximum atomic E-state index is 5.46. The highest BCUT2D eigenvalue weighted by Crippen LogP contribution is 2.30. The van der Waals surface area contributed by atoms with Gasteiger partial charge in [-0.15, -0.1) is 11.3 Å². The van der Waals surface area contributed by atoms with Gasteiger partial charge in [-0.3, -0.25) is 5.43 Å². The van der Waals surface area contributed by atoms with E-state index < -0.39 is 0 Å². The second-order valence-electron chi connectivity index (χ2n) is 4.63. The average molecular weight is 319 g/mol. The van der Waals surface area contributed by atoms with Crippen molar-refractivity contribution in [1.82, 2.24) is 9.97 Å². The Labute approximate surface area is 131 Å². The number of nitrogens with two attached hydrogens (primary N) is 1. The molecule has 0 radical (unpaired) electrons. The van der Waals surface area contributed by atoms with Crippen LogP contribution < -0.4 is 16.6 Å². The molecule has 7 heteroatoms. The molecule has 0 unspecified atom stereocenters. The smallest absolute Gasteiger partial charge is 0.240 e. The molecule has 0 saturated heterocycles. The van der Waals surface area contributed by atoms with Gasteiger partial charge in [-0.25, -0.2) is 10.8 Å². The second kappa shape index (κ2) is 6.38. The number of hydrogen-bond donors (Lipinski definition) is 3. The summed E-state index contributed by atoms with van der Waals surface area (Å²) < 4.78 is 0. The summed E-state index contributed by atoms with van der Waals surface area (Å²) in [5.74, 6) is 6.75. The Morgan fingerprint density at radius 1 is 1.33 bits per heavy atom. The zero-order chi connectivity index (χ0) is 14.7. The fraction of sp³-hybridized carbons (Fsp3) is 0.286. The van der Waals surface area contributed by atoms with Gasteiger partial charge in [0.15, 0.2) is 0 Å². The van der Waals surface area contributed by atoms with E-state index in [4.69, 9.17) is 5.84 Å². The highest BCUT2D eigenvalue weighted by atomic mass is 32.1. The molecule has 4 N–H and O–H groups in total. The lowest BCUT2D eigenvalue weighted by Gasteiger charge is -2.07. The molecule has 0 amide bonds. The molecule has 0 aliphatic heterocycles. The summed E-state index contributed by atoms with van der Waals surface area (Å²) >= 11 is 3.41. The molecule has 5 nitrogen and oxygen atoms in total. The van der Waals surface area contributed by atoms with Crippen LogP contribution in [0.4, 0.5) is 11.8 Å². The van der Waals surface area contributed by atoms with Gasteiger partial charge in [0.1, 0.15) is 10.6 Å². The van der Waals surface area contributed by atoms with E-state index in [0.29, 0.717) is 5.95 Å². The normalized spacial score (nSPS) is 11.0. The fourth-order valence-electron chi connectivity index (χ4n) is 2.11. The average Bonchev–Trinajstić information content (AvgIpc) is 3.15. The van der Waals surface area contributed by atoms with Crippen LogP contribution in [0.25, 0.3) is 10.2 Å². The molecule has 0 aromatic carbocycles. The Morgan fingerprint density at radius 2 is 2.24 bits per heavy atom.